The van der Waals surface area contributed by atoms with E-state index >= 15 is 0 Å². The van der Waals surface area contributed by atoms with E-state index in [1.165, 1.54) is 11.8 Å². The molecule has 8 heteroatoms. The van der Waals surface area contributed by atoms with Gasteiger partial charge in [0.2, 0.25) is 4.38 Å². The van der Waals surface area contributed by atoms with Gasteiger partial charge in [-0.25, -0.2) is 4.98 Å². The average molecular weight is 488 g/mol. The van der Waals surface area contributed by atoms with Crippen LogP contribution in [0.2, 0.25) is 10.0 Å². The Morgan fingerprint density at radius 2 is 2.00 bits per heavy atom. The Hall–Kier alpha value is -1.05. The average Bonchev–Trinajstić information content (AvgIpc) is 3.11. The SMILES string of the molecule is S=C(Oc1ccc(Cl)cc1Cl)SC(Cn1ccnc1)c1ccc(Br)cc1. The summed E-state index contributed by atoms with van der Waals surface area (Å²) in [6, 6.07) is 13.2. The van der Waals surface area contributed by atoms with Gasteiger partial charge in [-0.1, -0.05) is 63.0 Å². The number of nitrogens with zero attached hydrogens (tertiary/aromatic N) is 2. The molecule has 0 aliphatic carbocycles. The van der Waals surface area contributed by atoms with Gasteiger partial charge >= 0.3 is 0 Å². The summed E-state index contributed by atoms with van der Waals surface area (Å²) in [7, 11) is 0. The minimum absolute atomic E-state index is 0.0656. The van der Waals surface area contributed by atoms with Crippen LogP contribution in [0.5, 0.6) is 5.75 Å². The molecule has 26 heavy (non-hydrogen) atoms. The Bertz CT molecular complexity index is 889. The van der Waals surface area contributed by atoms with E-state index in [4.69, 9.17) is 40.2 Å². The van der Waals surface area contributed by atoms with Crippen LogP contribution in [0.15, 0.2) is 65.7 Å². The maximum Gasteiger partial charge on any atom is 0.226 e. The Kier molecular flexibility index (Phi) is 7.00. The molecule has 0 saturated heterocycles. The number of ether oxygens (including phenoxy) is 1. The van der Waals surface area contributed by atoms with Crippen LogP contribution in [0.3, 0.4) is 0 Å². The maximum atomic E-state index is 6.16. The van der Waals surface area contributed by atoms with E-state index < -0.39 is 0 Å². The van der Waals surface area contributed by atoms with Crippen LogP contribution in [-0.2, 0) is 6.54 Å². The Morgan fingerprint density at radius 3 is 2.65 bits per heavy atom. The number of thioether (sulfide) groups is 1. The molecule has 0 saturated carbocycles. The van der Waals surface area contributed by atoms with Gasteiger partial charge < -0.3 is 9.30 Å². The largest absolute Gasteiger partial charge is 0.438 e. The fourth-order valence-electron chi connectivity index (χ4n) is 2.26. The minimum atomic E-state index is 0.0656. The number of aromatic nitrogens is 2. The van der Waals surface area contributed by atoms with Crippen molar-refractivity contribution in [1.82, 2.24) is 9.55 Å². The third kappa shape index (κ3) is 5.47. The lowest BCUT2D eigenvalue weighted by Gasteiger charge is -2.18. The fraction of sp³-hybridized carbons (Fsp3) is 0.111. The van der Waals surface area contributed by atoms with Crippen molar-refractivity contribution in [3.8, 4) is 5.75 Å². The third-order valence-corrected chi connectivity index (χ3v) is 5.92. The number of thiocarbonyl (C=S) groups is 1. The van der Waals surface area contributed by atoms with Crippen molar-refractivity contribution in [2.75, 3.05) is 0 Å². The quantitative estimate of drug-likeness (QED) is 0.370. The van der Waals surface area contributed by atoms with Gasteiger partial charge in [0.1, 0.15) is 5.75 Å². The third-order valence-electron chi connectivity index (χ3n) is 3.50. The molecule has 1 aromatic heterocycles. The van der Waals surface area contributed by atoms with Crippen molar-refractivity contribution < 1.29 is 4.74 Å². The second-order valence-corrected chi connectivity index (χ2v) is 8.91. The summed E-state index contributed by atoms with van der Waals surface area (Å²) in [5.41, 5.74) is 1.14. The zero-order valence-corrected chi connectivity index (χ0v) is 18.0. The molecule has 1 atom stereocenters. The van der Waals surface area contributed by atoms with Gasteiger partial charge in [-0.2, -0.15) is 0 Å². The van der Waals surface area contributed by atoms with Crippen LogP contribution in [-0.4, -0.2) is 13.9 Å². The number of hydrogen-bond donors (Lipinski definition) is 0. The molecular weight excluding hydrogens is 475 g/mol. The van der Waals surface area contributed by atoms with Crippen LogP contribution >= 0.6 is 63.1 Å². The Morgan fingerprint density at radius 1 is 1.23 bits per heavy atom. The van der Waals surface area contributed by atoms with E-state index in [1.807, 2.05) is 22.9 Å². The second-order valence-electron chi connectivity index (χ2n) is 5.34. The standard InChI is InChI=1S/C18H13BrCl2N2OS2/c19-13-3-1-12(2-4-13)17(10-23-8-7-22-11-23)26-18(25)24-16-6-5-14(20)9-15(16)21/h1-9,11,17H,10H2. The molecule has 0 aliphatic rings. The number of hydrogen-bond acceptors (Lipinski definition) is 4. The molecule has 3 aromatic rings. The maximum absolute atomic E-state index is 6.16. The van der Waals surface area contributed by atoms with Crippen molar-refractivity contribution in [1.29, 1.82) is 0 Å². The highest BCUT2D eigenvalue weighted by Crippen LogP contribution is 2.35. The summed E-state index contributed by atoms with van der Waals surface area (Å²) >= 11 is 22.5. The molecule has 1 unspecified atom stereocenters. The van der Waals surface area contributed by atoms with E-state index in [1.54, 1.807) is 30.7 Å². The lowest BCUT2D eigenvalue weighted by atomic mass is 10.1. The molecule has 2 aromatic carbocycles. The van der Waals surface area contributed by atoms with Crippen molar-refractivity contribution in [2.24, 2.45) is 0 Å². The van der Waals surface area contributed by atoms with Crippen LogP contribution in [0.1, 0.15) is 10.8 Å². The van der Waals surface area contributed by atoms with Crippen molar-refractivity contribution >= 4 is 67.5 Å². The van der Waals surface area contributed by atoms with E-state index in [0.717, 1.165) is 10.0 Å². The second kappa shape index (κ2) is 9.24. The summed E-state index contributed by atoms with van der Waals surface area (Å²) < 4.78 is 9.19. The smallest absolute Gasteiger partial charge is 0.226 e. The van der Waals surface area contributed by atoms with Crippen molar-refractivity contribution in [3.05, 3.63) is 81.3 Å². The highest BCUT2D eigenvalue weighted by Gasteiger charge is 2.18. The molecule has 3 nitrogen and oxygen atoms in total. The van der Waals surface area contributed by atoms with Gasteiger partial charge in [0, 0.05) is 28.4 Å². The molecular formula is C18H13BrCl2N2OS2. The Balaban J connectivity index is 1.75. The lowest BCUT2D eigenvalue weighted by molar-refractivity contribution is 0.578. The van der Waals surface area contributed by atoms with Crippen LogP contribution in [0, 0.1) is 0 Å². The van der Waals surface area contributed by atoms with Crippen LogP contribution in [0.25, 0.3) is 0 Å². The zero-order chi connectivity index (χ0) is 18.5. The first-order chi connectivity index (χ1) is 12.5. The van der Waals surface area contributed by atoms with Gasteiger partial charge in [-0.05, 0) is 48.1 Å². The number of benzene rings is 2. The highest BCUT2D eigenvalue weighted by atomic mass is 79.9. The van der Waals surface area contributed by atoms with Crippen molar-refractivity contribution in [3.63, 3.8) is 0 Å². The predicted octanol–water partition coefficient (Wildman–Crippen LogP) is 6.79. The molecule has 0 N–H and O–H groups in total. The molecule has 0 aliphatic heterocycles. The van der Waals surface area contributed by atoms with Crippen LogP contribution < -0.4 is 4.74 Å². The summed E-state index contributed by atoms with van der Waals surface area (Å²) in [6.45, 7) is 0.712. The van der Waals surface area contributed by atoms with E-state index in [2.05, 4.69) is 33.0 Å². The van der Waals surface area contributed by atoms with Gasteiger partial charge in [0.05, 0.1) is 16.6 Å². The van der Waals surface area contributed by atoms with E-state index in [9.17, 15) is 0 Å². The minimum Gasteiger partial charge on any atom is -0.438 e. The summed E-state index contributed by atoms with van der Waals surface area (Å²) in [5.74, 6) is 0.491. The first kappa shape index (κ1) is 19.7. The fourth-order valence-corrected chi connectivity index (χ4v) is 4.32. The molecule has 0 spiro atoms. The van der Waals surface area contributed by atoms with Gasteiger partial charge in [-0.15, -0.1) is 0 Å². The first-order valence-corrected chi connectivity index (χ1v) is 10.4. The molecule has 1 heterocycles. The molecule has 0 bridgehead atoms. The van der Waals surface area contributed by atoms with Gasteiger partial charge in [0.25, 0.3) is 0 Å². The van der Waals surface area contributed by atoms with Crippen LogP contribution in [0.4, 0.5) is 0 Å². The normalized spacial score (nSPS) is 12.0. The number of halogens is 3. The summed E-state index contributed by atoms with van der Waals surface area (Å²) in [5, 5.41) is 1.04. The molecule has 3 rings (SSSR count). The molecule has 134 valence electrons. The number of imidazole rings is 1. The topological polar surface area (TPSA) is 27.1 Å². The van der Waals surface area contributed by atoms with Crippen molar-refractivity contribution in [2.45, 2.75) is 11.8 Å². The van der Waals surface area contributed by atoms with E-state index in [-0.39, 0.29) is 5.25 Å². The summed E-state index contributed by atoms with van der Waals surface area (Å²) in [4.78, 5) is 4.10. The molecule has 0 amide bonds. The lowest BCUT2D eigenvalue weighted by Crippen LogP contribution is -2.10. The van der Waals surface area contributed by atoms with Gasteiger partial charge in [0.15, 0.2) is 0 Å². The number of rotatable bonds is 5. The Labute approximate surface area is 179 Å². The molecule has 0 fully saturated rings. The zero-order valence-electron chi connectivity index (χ0n) is 13.3. The predicted molar refractivity (Wildman–Crippen MR) is 116 cm³/mol. The van der Waals surface area contributed by atoms with Gasteiger partial charge in [-0.3, -0.25) is 0 Å². The summed E-state index contributed by atoms with van der Waals surface area (Å²) in [6.07, 6.45) is 5.46. The highest BCUT2D eigenvalue weighted by molar-refractivity contribution is 9.10. The monoisotopic (exact) mass is 486 g/mol. The first-order valence-electron chi connectivity index (χ1n) is 7.56. The van der Waals surface area contributed by atoms with E-state index in [0.29, 0.717) is 26.7 Å². The molecule has 0 radical (unpaired) electrons.